The molecule has 0 saturated carbocycles. The van der Waals surface area contributed by atoms with Gasteiger partial charge in [0.1, 0.15) is 6.26 Å². The molecule has 1 N–H and O–H groups in total. The maximum absolute atomic E-state index is 10.6. The zero-order chi connectivity index (χ0) is 13.8. The number of aliphatic carboxylic acids is 1. The molecule has 0 amide bonds. The van der Waals surface area contributed by atoms with Gasteiger partial charge in [0.2, 0.25) is 0 Å². The van der Waals surface area contributed by atoms with Crippen LogP contribution in [0.4, 0.5) is 0 Å². The largest absolute Gasteiger partial charge is 0.481 e. The molecule has 19 heavy (non-hydrogen) atoms. The molecule has 0 radical (unpaired) electrons. The topological polar surface area (TPSA) is 83.6 Å². The Balaban J connectivity index is 2.82. The third-order valence-corrected chi connectivity index (χ3v) is 1.71. The van der Waals surface area contributed by atoms with Crippen molar-refractivity contribution in [3.63, 3.8) is 0 Å². The molecule has 0 unspecified atom stereocenters. The number of ether oxygens (including phenoxy) is 1. The van der Waals surface area contributed by atoms with Crippen molar-refractivity contribution in [3.8, 4) is 0 Å². The summed E-state index contributed by atoms with van der Waals surface area (Å²) in [5.41, 5.74) is 0.275. The van der Waals surface area contributed by atoms with E-state index in [2.05, 4.69) is 15.0 Å². The van der Waals surface area contributed by atoms with E-state index >= 15 is 0 Å². The smallest absolute Gasteiger partial charge is 0.309 e. The first kappa shape index (κ1) is 14.3. The van der Waals surface area contributed by atoms with Crippen LogP contribution in [0.2, 0.25) is 0 Å². The summed E-state index contributed by atoms with van der Waals surface area (Å²) in [6, 6.07) is 0. The number of carboxylic acids is 1. The van der Waals surface area contributed by atoms with E-state index in [0.717, 1.165) is 0 Å². The summed E-state index contributed by atoms with van der Waals surface area (Å²) in [4.78, 5) is 22.4. The third kappa shape index (κ3) is 8.03. The van der Waals surface area contributed by atoms with E-state index in [1.807, 2.05) is 0 Å². The SMILES string of the molecule is O=C(O)CC1=COC=CC=NC=CC=CN=CC=N1. The number of hydrogen-bond donors (Lipinski definition) is 1. The van der Waals surface area contributed by atoms with Crippen LogP contribution in [0.1, 0.15) is 6.42 Å². The molecule has 0 bridgehead atoms. The summed E-state index contributed by atoms with van der Waals surface area (Å²) in [6.07, 6.45) is 14.9. The number of hydrogen-bond acceptors (Lipinski definition) is 5. The fourth-order valence-corrected chi connectivity index (χ4v) is 0.986. The maximum atomic E-state index is 10.6. The van der Waals surface area contributed by atoms with Gasteiger partial charge in [0.15, 0.2) is 0 Å². The van der Waals surface area contributed by atoms with Crippen molar-refractivity contribution in [2.24, 2.45) is 15.0 Å². The van der Waals surface area contributed by atoms with Crippen LogP contribution in [-0.2, 0) is 9.53 Å². The highest BCUT2D eigenvalue weighted by Crippen LogP contribution is 2.03. The lowest BCUT2D eigenvalue weighted by molar-refractivity contribution is -0.136. The number of allylic oxidation sites excluding steroid dienone is 3. The first-order valence-electron chi connectivity index (χ1n) is 5.41. The van der Waals surface area contributed by atoms with Crippen LogP contribution in [0, 0.1) is 0 Å². The van der Waals surface area contributed by atoms with Crippen LogP contribution in [0.3, 0.4) is 0 Å². The predicted octanol–water partition coefficient (Wildman–Crippen LogP) is 2.09. The molecule has 0 saturated heterocycles. The second-order valence-corrected chi connectivity index (χ2v) is 3.20. The Morgan fingerprint density at radius 2 is 1.84 bits per heavy atom. The summed E-state index contributed by atoms with van der Waals surface area (Å²) in [6.45, 7) is 0. The lowest BCUT2D eigenvalue weighted by Gasteiger charge is -1.96. The summed E-state index contributed by atoms with van der Waals surface area (Å²) < 4.78 is 5.03. The van der Waals surface area contributed by atoms with Crippen LogP contribution in [0.5, 0.6) is 0 Å². The highest BCUT2D eigenvalue weighted by atomic mass is 16.5. The standard InChI is InChI=1S/C13H13N3O3/c17-13(18)10-12-11-19-9-3-6-14-4-1-2-5-15-7-8-16-12/h1-9,11H,10H2,(H,17,18). The van der Waals surface area contributed by atoms with Crippen molar-refractivity contribution in [3.05, 3.63) is 48.8 Å². The maximum Gasteiger partial charge on any atom is 0.309 e. The average molecular weight is 259 g/mol. The van der Waals surface area contributed by atoms with Gasteiger partial charge in [0.25, 0.3) is 0 Å². The second-order valence-electron chi connectivity index (χ2n) is 3.20. The van der Waals surface area contributed by atoms with E-state index < -0.39 is 5.97 Å². The third-order valence-electron chi connectivity index (χ3n) is 1.71. The molecule has 0 fully saturated rings. The van der Waals surface area contributed by atoms with Gasteiger partial charge in [-0.15, -0.1) is 0 Å². The monoisotopic (exact) mass is 259 g/mol. The minimum absolute atomic E-state index is 0.232. The molecular formula is C13H13N3O3. The molecule has 6 nitrogen and oxygen atoms in total. The first-order valence-corrected chi connectivity index (χ1v) is 5.41. The van der Waals surface area contributed by atoms with Gasteiger partial charge < -0.3 is 9.84 Å². The Labute approximate surface area is 110 Å². The fourth-order valence-electron chi connectivity index (χ4n) is 0.986. The van der Waals surface area contributed by atoms with Crippen molar-refractivity contribution in [1.29, 1.82) is 0 Å². The van der Waals surface area contributed by atoms with Crippen molar-refractivity contribution >= 4 is 24.6 Å². The average Bonchev–Trinajstić information content (AvgIpc) is 2.38. The molecule has 0 aromatic heterocycles. The number of nitrogens with zero attached hydrogens (tertiary/aromatic N) is 3. The molecule has 0 aliphatic carbocycles. The van der Waals surface area contributed by atoms with Gasteiger partial charge in [-0.3, -0.25) is 19.8 Å². The minimum Gasteiger partial charge on any atom is -0.481 e. The van der Waals surface area contributed by atoms with Gasteiger partial charge in [-0.05, 0) is 18.2 Å². The second kappa shape index (κ2) is 9.29. The predicted molar refractivity (Wildman–Crippen MR) is 74.3 cm³/mol. The molecule has 1 rings (SSSR count). The van der Waals surface area contributed by atoms with Crippen molar-refractivity contribution in [2.75, 3.05) is 0 Å². The Kier molecular flexibility index (Phi) is 6.99. The highest BCUT2D eigenvalue weighted by Gasteiger charge is 2.01. The van der Waals surface area contributed by atoms with E-state index in [1.54, 1.807) is 30.6 Å². The van der Waals surface area contributed by atoms with Gasteiger partial charge in [-0.1, -0.05) is 0 Å². The van der Waals surface area contributed by atoms with Gasteiger partial charge >= 0.3 is 5.97 Å². The van der Waals surface area contributed by atoms with Crippen LogP contribution in [-0.4, -0.2) is 29.7 Å². The summed E-state index contributed by atoms with van der Waals surface area (Å²) in [5, 5.41) is 8.71. The normalized spacial score (nSPS) is 15.5. The molecule has 0 atom stereocenters. The van der Waals surface area contributed by atoms with Gasteiger partial charge in [-0.25, -0.2) is 0 Å². The molecule has 98 valence electrons. The number of carbonyl (C=O) groups is 1. The molecular weight excluding hydrogens is 246 g/mol. The van der Waals surface area contributed by atoms with Gasteiger partial charge in [-0.2, -0.15) is 0 Å². The quantitative estimate of drug-likeness (QED) is 0.824. The number of rotatable bonds is 2. The summed E-state index contributed by atoms with van der Waals surface area (Å²) in [7, 11) is 0. The lowest BCUT2D eigenvalue weighted by atomic mass is 10.3. The summed E-state index contributed by atoms with van der Waals surface area (Å²) >= 11 is 0. The zero-order valence-electron chi connectivity index (χ0n) is 10.1. The van der Waals surface area contributed by atoms with E-state index in [0.29, 0.717) is 0 Å². The van der Waals surface area contributed by atoms with Crippen molar-refractivity contribution in [1.82, 2.24) is 0 Å². The zero-order valence-corrected chi connectivity index (χ0v) is 10.1. The van der Waals surface area contributed by atoms with Gasteiger partial charge in [0.05, 0.1) is 18.4 Å². The van der Waals surface area contributed by atoms with Crippen LogP contribution in [0.25, 0.3) is 0 Å². The Hall–Kier alpha value is -2.76. The Morgan fingerprint density at radius 3 is 2.58 bits per heavy atom. The Morgan fingerprint density at radius 1 is 1.11 bits per heavy atom. The molecule has 0 aromatic carbocycles. The minimum atomic E-state index is -0.989. The fraction of sp³-hybridized carbons (Fsp3) is 0.0769. The van der Waals surface area contributed by atoms with Crippen LogP contribution >= 0.6 is 0 Å². The van der Waals surface area contributed by atoms with E-state index in [9.17, 15) is 4.79 Å². The molecule has 1 aliphatic heterocycles. The highest BCUT2D eigenvalue weighted by molar-refractivity contribution is 6.16. The first-order chi connectivity index (χ1) is 9.29. The molecule has 1 aliphatic rings. The van der Waals surface area contributed by atoms with Crippen molar-refractivity contribution in [2.45, 2.75) is 6.42 Å². The molecule has 0 aromatic rings. The lowest BCUT2D eigenvalue weighted by Crippen LogP contribution is -1.96. The van der Waals surface area contributed by atoms with E-state index in [1.165, 1.54) is 31.2 Å². The van der Waals surface area contributed by atoms with Crippen molar-refractivity contribution < 1.29 is 14.6 Å². The Bertz CT molecular complexity index is 497. The van der Waals surface area contributed by atoms with Crippen LogP contribution in [0.15, 0.2) is 63.8 Å². The number of aliphatic imine (C=N–C) groups is 3. The molecule has 0 spiro atoms. The molecule has 6 heteroatoms. The molecule has 1 heterocycles. The van der Waals surface area contributed by atoms with Gasteiger partial charge in [0, 0.05) is 31.0 Å². The van der Waals surface area contributed by atoms with E-state index in [4.69, 9.17) is 9.84 Å². The van der Waals surface area contributed by atoms with Crippen LogP contribution < -0.4 is 0 Å². The number of carboxylic acid groups (broad SMARTS) is 1. The summed E-state index contributed by atoms with van der Waals surface area (Å²) in [5.74, 6) is -0.989. The van der Waals surface area contributed by atoms with E-state index in [-0.39, 0.29) is 12.1 Å².